The topological polar surface area (TPSA) is 63.6 Å². The van der Waals surface area contributed by atoms with Crippen molar-refractivity contribution in [3.05, 3.63) is 11.6 Å². The lowest BCUT2D eigenvalue weighted by Crippen LogP contribution is -2.44. The summed E-state index contributed by atoms with van der Waals surface area (Å²) in [7, 11) is 0. The van der Waals surface area contributed by atoms with Crippen molar-refractivity contribution in [1.29, 1.82) is 0 Å². The lowest BCUT2D eigenvalue weighted by Gasteiger charge is -2.44. The molecule has 1 saturated carbocycles. The standard InChI is InChI=1S/C14H16O4S2/c15-12(16)7-1-2-8-11-9(18-13(17)10(7)11)3-4-14(8)19-5-6-20-14/h2,7,9-11H,1,3-6H2,(H,15,16)/t7-,9-,10-,11-/m1/s1. The number of thioether (sulfide) groups is 2. The molecule has 1 N–H and O–H groups in total. The average Bonchev–Trinajstić information content (AvgIpc) is 3.02. The van der Waals surface area contributed by atoms with E-state index in [-0.39, 0.29) is 22.1 Å². The van der Waals surface area contributed by atoms with Crippen molar-refractivity contribution in [3.8, 4) is 0 Å². The van der Waals surface area contributed by atoms with E-state index in [2.05, 4.69) is 6.08 Å². The molecule has 2 aliphatic carbocycles. The molecule has 4 aliphatic rings. The smallest absolute Gasteiger partial charge is 0.310 e. The molecule has 0 radical (unpaired) electrons. The molecule has 0 amide bonds. The van der Waals surface area contributed by atoms with E-state index in [0.29, 0.717) is 6.42 Å². The summed E-state index contributed by atoms with van der Waals surface area (Å²) in [6, 6.07) is 0. The summed E-state index contributed by atoms with van der Waals surface area (Å²) in [5.74, 6) is 0.0633. The number of hydrogen-bond acceptors (Lipinski definition) is 5. The van der Waals surface area contributed by atoms with Crippen molar-refractivity contribution in [1.82, 2.24) is 0 Å². The molecule has 6 heteroatoms. The van der Waals surface area contributed by atoms with Gasteiger partial charge in [-0.3, -0.25) is 9.59 Å². The monoisotopic (exact) mass is 312 g/mol. The number of esters is 1. The maximum absolute atomic E-state index is 12.1. The Hall–Kier alpha value is -0.620. The van der Waals surface area contributed by atoms with E-state index in [1.807, 2.05) is 23.5 Å². The molecule has 20 heavy (non-hydrogen) atoms. The van der Waals surface area contributed by atoms with Crippen LogP contribution in [-0.4, -0.2) is 38.7 Å². The van der Waals surface area contributed by atoms with Crippen LogP contribution in [0.3, 0.4) is 0 Å². The van der Waals surface area contributed by atoms with Gasteiger partial charge in [-0.2, -0.15) is 0 Å². The summed E-state index contributed by atoms with van der Waals surface area (Å²) in [5.41, 5.74) is 1.30. The molecule has 0 bridgehead atoms. The van der Waals surface area contributed by atoms with Gasteiger partial charge in [0.1, 0.15) is 6.10 Å². The molecule has 4 atom stereocenters. The van der Waals surface area contributed by atoms with Crippen molar-refractivity contribution < 1.29 is 19.4 Å². The van der Waals surface area contributed by atoms with Crippen LogP contribution in [0.4, 0.5) is 0 Å². The number of carboxylic acid groups (broad SMARTS) is 1. The Morgan fingerprint density at radius 2 is 2.10 bits per heavy atom. The SMILES string of the molecule is O=C1O[C@@H]2CCC3(SCCS3)C3=CC[C@@H](C(=O)O)[C@@H]1[C@H]32. The van der Waals surface area contributed by atoms with Crippen molar-refractivity contribution in [2.24, 2.45) is 17.8 Å². The number of carboxylic acids is 1. The molecule has 2 aliphatic heterocycles. The van der Waals surface area contributed by atoms with Gasteiger partial charge in [0.25, 0.3) is 0 Å². The van der Waals surface area contributed by atoms with Gasteiger partial charge in [0.2, 0.25) is 0 Å². The highest BCUT2D eigenvalue weighted by Crippen LogP contribution is 2.62. The largest absolute Gasteiger partial charge is 0.481 e. The molecule has 0 aromatic carbocycles. The predicted octanol–water partition coefficient (Wildman–Crippen LogP) is 2.15. The van der Waals surface area contributed by atoms with Gasteiger partial charge in [-0.25, -0.2) is 0 Å². The number of carbonyl (C=O) groups excluding carboxylic acids is 1. The summed E-state index contributed by atoms with van der Waals surface area (Å²) >= 11 is 3.95. The molecule has 0 aromatic rings. The Balaban J connectivity index is 1.78. The normalized spacial score (nSPS) is 41.2. The van der Waals surface area contributed by atoms with Crippen LogP contribution in [0.1, 0.15) is 19.3 Å². The molecule has 108 valence electrons. The molecule has 1 spiro atoms. The molecule has 4 nitrogen and oxygen atoms in total. The zero-order valence-electron chi connectivity index (χ0n) is 10.9. The van der Waals surface area contributed by atoms with Gasteiger partial charge in [0, 0.05) is 17.4 Å². The molecule has 3 fully saturated rings. The molecule has 4 rings (SSSR count). The molecule has 2 heterocycles. The number of fused-ring (bicyclic) bond motifs is 1. The third kappa shape index (κ3) is 1.64. The highest BCUT2D eigenvalue weighted by molar-refractivity contribution is 8.21. The summed E-state index contributed by atoms with van der Waals surface area (Å²) in [6.45, 7) is 0. The molecule has 0 aromatic heterocycles. The van der Waals surface area contributed by atoms with Crippen molar-refractivity contribution in [2.45, 2.75) is 29.4 Å². The number of ether oxygens (including phenoxy) is 1. The van der Waals surface area contributed by atoms with Crippen LogP contribution < -0.4 is 0 Å². The van der Waals surface area contributed by atoms with Crippen molar-refractivity contribution >= 4 is 35.5 Å². The summed E-state index contributed by atoms with van der Waals surface area (Å²) in [5, 5.41) is 9.38. The van der Waals surface area contributed by atoms with Crippen LogP contribution in [0.15, 0.2) is 11.6 Å². The third-order valence-electron chi connectivity index (χ3n) is 4.98. The van der Waals surface area contributed by atoms with Gasteiger partial charge in [-0.05, 0) is 24.8 Å². The average molecular weight is 312 g/mol. The second-order valence-corrected chi connectivity index (χ2v) is 8.90. The Kier molecular flexibility index (Phi) is 2.90. The van der Waals surface area contributed by atoms with Crippen LogP contribution in [0.5, 0.6) is 0 Å². The fourth-order valence-electron chi connectivity index (χ4n) is 4.17. The summed E-state index contributed by atoms with van der Waals surface area (Å²) in [4.78, 5) is 23.6. The maximum Gasteiger partial charge on any atom is 0.310 e. The zero-order valence-corrected chi connectivity index (χ0v) is 12.5. The minimum absolute atomic E-state index is 0.00389. The Bertz CT molecular complexity index is 509. The van der Waals surface area contributed by atoms with Gasteiger partial charge < -0.3 is 9.84 Å². The highest BCUT2D eigenvalue weighted by Gasteiger charge is 2.60. The Labute approximate surface area is 125 Å². The number of hydrogen-bond donors (Lipinski definition) is 1. The summed E-state index contributed by atoms with van der Waals surface area (Å²) in [6.07, 6.45) is 4.40. The fraction of sp³-hybridized carbons (Fsp3) is 0.714. The first-order chi connectivity index (χ1) is 9.62. The molecular weight excluding hydrogens is 296 g/mol. The highest BCUT2D eigenvalue weighted by atomic mass is 32.2. The predicted molar refractivity (Wildman–Crippen MR) is 77.6 cm³/mol. The first kappa shape index (κ1) is 13.1. The molecular formula is C14H16O4S2. The van der Waals surface area contributed by atoms with Gasteiger partial charge in [-0.1, -0.05) is 6.08 Å². The lowest BCUT2D eigenvalue weighted by atomic mass is 9.66. The van der Waals surface area contributed by atoms with E-state index < -0.39 is 17.8 Å². The van der Waals surface area contributed by atoms with Crippen molar-refractivity contribution in [3.63, 3.8) is 0 Å². The number of allylic oxidation sites excluding steroid dienone is 1. The van der Waals surface area contributed by atoms with Crippen LogP contribution in [0.2, 0.25) is 0 Å². The van der Waals surface area contributed by atoms with E-state index in [9.17, 15) is 14.7 Å². The zero-order chi connectivity index (χ0) is 13.9. The van der Waals surface area contributed by atoms with Crippen LogP contribution >= 0.6 is 23.5 Å². The summed E-state index contributed by atoms with van der Waals surface area (Å²) < 4.78 is 5.59. The van der Waals surface area contributed by atoms with Gasteiger partial charge in [-0.15, -0.1) is 23.5 Å². The van der Waals surface area contributed by atoms with E-state index in [0.717, 1.165) is 24.3 Å². The van der Waals surface area contributed by atoms with Gasteiger partial charge >= 0.3 is 11.9 Å². The number of aliphatic carboxylic acids is 1. The van der Waals surface area contributed by atoms with E-state index >= 15 is 0 Å². The van der Waals surface area contributed by atoms with Crippen LogP contribution in [0.25, 0.3) is 0 Å². The maximum atomic E-state index is 12.1. The minimum Gasteiger partial charge on any atom is -0.481 e. The Morgan fingerprint density at radius 3 is 2.80 bits per heavy atom. The second-order valence-electron chi connectivity index (χ2n) is 5.86. The third-order valence-corrected chi connectivity index (χ3v) is 8.57. The van der Waals surface area contributed by atoms with Gasteiger partial charge in [0.05, 0.1) is 15.9 Å². The molecule has 2 saturated heterocycles. The molecule has 0 unspecified atom stereocenters. The first-order valence-corrected chi connectivity index (χ1v) is 9.01. The number of rotatable bonds is 1. The lowest BCUT2D eigenvalue weighted by molar-refractivity contribution is -0.152. The Morgan fingerprint density at radius 1 is 1.35 bits per heavy atom. The van der Waals surface area contributed by atoms with Gasteiger partial charge in [0.15, 0.2) is 0 Å². The van der Waals surface area contributed by atoms with E-state index in [1.165, 1.54) is 5.57 Å². The van der Waals surface area contributed by atoms with E-state index in [1.54, 1.807) is 0 Å². The second kappa shape index (κ2) is 4.44. The van der Waals surface area contributed by atoms with E-state index in [4.69, 9.17) is 4.74 Å². The van der Waals surface area contributed by atoms with Crippen molar-refractivity contribution in [2.75, 3.05) is 11.5 Å². The van der Waals surface area contributed by atoms with Crippen LogP contribution in [-0.2, 0) is 14.3 Å². The van der Waals surface area contributed by atoms with Crippen LogP contribution in [0, 0.1) is 17.8 Å². The quantitative estimate of drug-likeness (QED) is 0.591. The fourth-order valence-corrected chi connectivity index (χ4v) is 7.62. The first-order valence-electron chi connectivity index (χ1n) is 7.04. The minimum atomic E-state index is -0.866. The number of carbonyl (C=O) groups is 2.